The van der Waals surface area contributed by atoms with Crippen LogP contribution in [0.4, 0.5) is 5.69 Å². The molecule has 0 aromatic heterocycles. The number of nitrogens with zero attached hydrogens (tertiary/aromatic N) is 1. The number of anilines is 1. The summed E-state index contributed by atoms with van der Waals surface area (Å²) < 4.78 is 7.20. The number of carbonyl (C=O) groups is 2. The zero-order chi connectivity index (χ0) is 22.1. The zero-order valence-electron chi connectivity index (χ0n) is 17.5. The zero-order valence-corrected chi connectivity index (χ0v) is 19.1. The minimum absolute atomic E-state index is 0.0451. The summed E-state index contributed by atoms with van der Waals surface area (Å²) in [4.78, 5) is 30.4. The number of fused-ring (bicyclic) bond motifs is 4. The van der Waals surface area contributed by atoms with Gasteiger partial charge < -0.3 is 10.1 Å². The fourth-order valence-corrected chi connectivity index (χ4v) is 6.71. The molecule has 3 heterocycles. The summed E-state index contributed by atoms with van der Waals surface area (Å²) in [5.41, 5.74) is 0.819. The number of hydrogen-bond donors (Lipinski definition) is 1. The van der Waals surface area contributed by atoms with Crippen molar-refractivity contribution < 1.29 is 14.3 Å². The second-order valence-corrected chi connectivity index (χ2v) is 9.60. The smallest absolute Gasteiger partial charge is 0.250 e. The molecule has 0 bridgehead atoms. The molecule has 32 heavy (non-hydrogen) atoms. The second kappa shape index (κ2) is 6.77. The summed E-state index contributed by atoms with van der Waals surface area (Å²) in [6.45, 7) is 0.669. The van der Waals surface area contributed by atoms with Gasteiger partial charge in [0.1, 0.15) is 23.3 Å². The lowest BCUT2D eigenvalue weighted by Gasteiger charge is -2.47. The van der Waals surface area contributed by atoms with Crippen molar-refractivity contribution in [3.8, 4) is 5.75 Å². The fourth-order valence-electron chi connectivity index (χ4n) is 6.15. The van der Waals surface area contributed by atoms with Gasteiger partial charge in [-0.3, -0.25) is 14.5 Å². The number of ketones is 1. The van der Waals surface area contributed by atoms with E-state index in [9.17, 15) is 9.59 Å². The summed E-state index contributed by atoms with van der Waals surface area (Å²) in [6, 6.07) is 23.0. The fraction of sp³-hybridized carbons (Fsp3) is 0.231. The van der Waals surface area contributed by atoms with Crippen LogP contribution in [0.15, 0.2) is 77.3 Å². The van der Waals surface area contributed by atoms with E-state index < -0.39 is 11.0 Å². The van der Waals surface area contributed by atoms with E-state index in [2.05, 4.69) is 21.2 Å². The number of nitrogens with one attached hydrogen (secondary N) is 1. The number of para-hydroxylation sites is 2. The van der Waals surface area contributed by atoms with Crippen LogP contribution in [0, 0.1) is 5.41 Å². The van der Waals surface area contributed by atoms with Crippen LogP contribution in [0.3, 0.4) is 0 Å². The maximum absolute atomic E-state index is 14.5. The molecule has 0 aliphatic carbocycles. The van der Waals surface area contributed by atoms with Gasteiger partial charge in [0.2, 0.25) is 0 Å². The van der Waals surface area contributed by atoms with Crippen LogP contribution >= 0.6 is 15.9 Å². The predicted octanol–water partition coefficient (Wildman–Crippen LogP) is 4.59. The van der Waals surface area contributed by atoms with E-state index in [0.29, 0.717) is 17.9 Å². The predicted molar refractivity (Wildman–Crippen MR) is 125 cm³/mol. The lowest BCUT2D eigenvalue weighted by Crippen LogP contribution is -2.62. The SMILES string of the molecule is CN1C[C@@H](c2ccccc2Br)[C@@]2(COc3ccccc3C2=O)[C@@]12C(=O)Nc1ccccc12. The molecule has 0 saturated carbocycles. The van der Waals surface area contributed by atoms with Crippen molar-refractivity contribution in [3.05, 3.63) is 94.0 Å². The molecule has 3 aliphatic rings. The molecule has 2 spiro atoms. The molecular formula is C26H21BrN2O3. The Balaban J connectivity index is 1.69. The number of likely N-dealkylation sites (N-methyl/N-ethyl adjacent to an activating group) is 1. The van der Waals surface area contributed by atoms with Gasteiger partial charge in [-0.2, -0.15) is 0 Å². The molecule has 0 radical (unpaired) electrons. The summed E-state index contributed by atoms with van der Waals surface area (Å²) >= 11 is 3.70. The largest absolute Gasteiger partial charge is 0.492 e. The van der Waals surface area contributed by atoms with E-state index in [-0.39, 0.29) is 24.2 Å². The molecule has 160 valence electrons. The third-order valence-corrected chi connectivity index (χ3v) is 8.16. The molecule has 1 saturated heterocycles. The Bertz CT molecular complexity index is 1290. The standard InChI is InChI=1S/C26H21BrN2O3/c1-29-14-19(16-8-2-5-11-20(16)27)25(15-32-22-13-7-3-9-17(22)23(25)30)26(29)18-10-4-6-12-21(18)28-24(26)31/h2-13,19H,14-15H2,1H3,(H,28,31)/t19-,25+,26+/m0/s1. The van der Waals surface area contributed by atoms with Crippen molar-refractivity contribution in [1.29, 1.82) is 0 Å². The molecule has 1 fully saturated rings. The monoisotopic (exact) mass is 488 g/mol. The van der Waals surface area contributed by atoms with E-state index in [1.54, 1.807) is 6.07 Å². The molecule has 3 aromatic rings. The van der Waals surface area contributed by atoms with Crippen molar-refractivity contribution in [2.24, 2.45) is 5.41 Å². The Labute approximate surface area is 194 Å². The van der Waals surface area contributed by atoms with E-state index in [1.807, 2.05) is 78.7 Å². The highest BCUT2D eigenvalue weighted by Gasteiger charge is 2.75. The lowest BCUT2D eigenvalue weighted by molar-refractivity contribution is -0.131. The highest BCUT2D eigenvalue weighted by Crippen LogP contribution is 2.64. The van der Waals surface area contributed by atoms with Crippen LogP contribution in [-0.4, -0.2) is 36.8 Å². The number of likely N-dealkylation sites (tertiary alicyclic amines) is 1. The maximum atomic E-state index is 14.5. The van der Waals surface area contributed by atoms with E-state index in [1.165, 1.54) is 0 Å². The molecule has 6 heteroatoms. The molecule has 3 atom stereocenters. The van der Waals surface area contributed by atoms with Gasteiger partial charge in [-0.15, -0.1) is 0 Å². The number of Topliss-reactive ketones (excluding diaryl/α,β-unsaturated/α-hetero) is 1. The third kappa shape index (κ3) is 2.21. The summed E-state index contributed by atoms with van der Waals surface area (Å²) in [7, 11) is 1.94. The maximum Gasteiger partial charge on any atom is 0.250 e. The van der Waals surface area contributed by atoms with E-state index in [0.717, 1.165) is 21.3 Å². The molecule has 6 rings (SSSR count). The first-order chi connectivity index (χ1) is 15.5. The highest BCUT2D eigenvalue weighted by molar-refractivity contribution is 9.10. The first kappa shape index (κ1) is 19.7. The minimum atomic E-state index is -1.17. The molecule has 3 aromatic carbocycles. The average Bonchev–Trinajstić information content (AvgIpc) is 3.25. The molecule has 1 amide bonds. The van der Waals surface area contributed by atoms with Crippen LogP contribution in [0.5, 0.6) is 5.75 Å². The Kier molecular flexibility index (Phi) is 4.17. The lowest BCUT2D eigenvalue weighted by atomic mass is 9.57. The van der Waals surface area contributed by atoms with Gasteiger partial charge in [0, 0.05) is 28.2 Å². The van der Waals surface area contributed by atoms with Crippen LogP contribution in [0.2, 0.25) is 0 Å². The van der Waals surface area contributed by atoms with Crippen LogP contribution in [0.25, 0.3) is 0 Å². The first-order valence-electron chi connectivity index (χ1n) is 10.6. The molecular weight excluding hydrogens is 468 g/mol. The van der Waals surface area contributed by atoms with Crippen LogP contribution in [-0.2, 0) is 10.3 Å². The summed E-state index contributed by atoms with van der Waals surface area (Å²) in [6.07, 6.45) is 0. The number of carbonyl (C=O) groups excluding carboxylic acids is 2. The van der Waals surface area contributed by atoms with Crippen LogP contribution in [0.1, 0.15) is 27.4 Å². The number of hydrogen-bond acceptors (Lipinski definition) is 4. The molecule has 0 unspecified atom stereocenters. The molecule has 5 nitrogen and oxygen atoms in total. The van der Waals surface area contributed by atoms with Crippen molar-refractivity contribution in [2.75, 3.05) is 25.5 Å². The number of halogens is 1. The summed E-state index contributed by atoms with van der Waals surface area (Å²) in [5, 5.41) is 3.06. The van der Waals surface area contributed by atoms with Gasteiger partial charge in [0.15, 0.2) is 5.78 Å². The number of benzene rings is 3. The molecule has 3 aliphatic heterocycles. The van der Waals surface area contributed by atoms with E-state index in [4.69, 9.17) is 4.74 Å². The van der Waals surface area contributed by atoms with Crippen molar-refractivity contribution in [1.82, 2.24) is 4.90 Å². The third-order valence-electron chi connectivity index (χ3n) is 7.44. The molecule has 1 N–H and O–H groups in total. The van der Waals surface area contributed by atoms with Crippen LogP contribution < -0.4 is 10.1 Å². The van der Waals surface area contributed by atoms with Crippen molar-refractivity contribution in [3.63, 3.8) is 0 Å². The second-order valence-electron chi connectivity index (χ2n) is 8.75. The van der Waals surface area contributed by atoms with Crippen molar-refractivity contribution in [2.45, 2.75) is 11.5 Å². The summed E-state index contributed by atoms with van der Waals surface area (Å²) in [5.74, 6) is 0.106. The topological polar surface area (TPSA) is 58.6 Å². The van der Waals surface area contributed by atoms with Gasteiger partial charge in [0.05, 0.1) is 5.56 Å². The van der Waals surface area contributed by atoms with Gasteiger partial charge in [-0.1, -0.05) is 64.5 Å². The number of ether oxygens (including phenoxy) is 1. The van der Waals surface area contributed by atoms with Crippen molar-refractivity contribution >= 4 is 33.3 Å². The number of amides is 1. The highest BCUT2D eigenvalue weighted by atomic mass is 79.9. The van der Waals surface area contributed by atoms with Gasteiger partial charge in [-0.05, 0) is 36.9 Å². The van der Waals surface area contributed by atoms with Gasteiger partial charge in [0.25, 0.3) is 5.91 Å². The Morgan fingerprint density at radius 1 is 1.00 bits per heavy atom. The quantitative estimate of drug-likeness (QED) is 0.544. The Hall–Kier alpha value is -2.96. The van der Waals surface area contributed by atoms with E-state index >= 15 is 0 Å². The first-order valence-corrected chi connectivity index (χ1v) is 11.4. The average molecular weight is 489 g/mol. The van der Waals surface area contributed by atoms with Gasteiger partial charge >= 0.3 is 0 Å². The Morgan fingerprint density at radius 2 is 1.72 bits per heavy atom. The minimum Gasteiger partial charge on any atom is -0.492 e. The normalized spacial score (nSPS) is 28.5. The number of rotatable bonds is 1. The Morgan fingerprint density at radius 3 is 2.56 bits per heavy atom. The van der Waals surface area contributed by atoms with Gasteiger partial charge in [-0.25, -0.2) is 0 Å².